The summed E-state index contributed by atoms with van der Waals surface area (Å²) < 4.78 is 1.84. The molecule has 2 aromatic carbocycles. The summed E-state index contributed by atoms with van der Waals surface area (Å²) in [6.45, 7) is 6.27. The van der Waals surface area contributed by atoms with Gasteiger partial charge in [0.15, 0.2) is 5.69 Å². The van der Waals surface area contributed by atoms with E-state index in [0.29, 0.717) is 24.0 Å². The van der Waals surface area contributed by atoms with Crippen LogP contribution >= 0.6 is 0 Å². The Kier molecular flexibility index (Phi) is 8.79. The molecule has 2 fully saturated rings. The third kappa shape index (κ3) is 6.62. The zero-order valence-electron chi connectivity index (χ0n) is 24.7. The maximum absolute atomic E-state index is 14.0. The molecule has 2 aliphatic heterocycles. The second kappa shape index (κ2) is 13.2. The quantitative estimate of drug-likeness (QED) is 0.296. The van der Waals surface area contributed by atoms with Crippen molar-refractivity contribution in [1.29, 1.82) is 0 Å². The molecule has 2 aromatic heterocycles. The summed E-state index contributed by atoms with van der Waals surface area (Å²) in [5, 5.41) is 10.6. The third-order valence-electron chi connectivity index (χ3n) is 8.59. The Hall–Kier alpha value is -4.50. The molecule has 4 heterocycles. The van der Waals surface area contributed by atoms with Gasteiger partial charge in [0.25, 0.3) is 5.91 Å². The summed E-state index contributed by atoms with van der Waals surface area (Å²) in [6, 6.07) is 21.6. The Morgan fingerprint density at radius 2 is 1.63 bits per heavy atom. The van der Waals surface area contributed by atoms with Crippen molar-refractivity contribution in [3.8, 4) is 16.8 Å². The summed E-state index contributed by atoms with van der Waals surface area (Å²) in [6.07, 6.45) is 9.35. The van der Waals surface area contributed by atoms with Crippen LogP contribution in [0.25, 0.3) is 16.8 Å². The van der Waals surface area contributed by atoms with Crippen LogP contribution in [0.2, 0.25) is 0 Å². The second-order valence-electron chi connectivity index (χ2n) is 11.4. The van der Waals surface area contributed by atoms with Crippen LogP contribution in [-0.4, -0.2) is 68.7 Å². The lowest BCUT2D eigenvalue weighted by atomic mass is 9.98. The van der Waals surface area contributed by atoms with Gasteiger partial charge in [-0.15, -0.1) is 0 Å². The summed E-state index contributed by atoms with van der Waals surface area (Å²) in [4.78, 5) is 35.1. The number of carbonyl (C=O) groups is 2. The van der Waals surface area contributed by atoms with E-state index in [2.05, 4.69) is 20.5 Å². The van der Waals surface area contributed by atoms with Crippen LogP contribution in [0.3, 0.4) is 0 Å². The van der Waals surface area contributed by atoms with Crippen LogP contribution in [-0.2, 0) is 6.54 Å². The van der Waals surface area contributed by atoms with Gasteiger partial charge in [-0.1, -0.05) is 42.8 Å². The van der Waals surface area contributed by atoms with Gasteiger partial charge in [-0.25, -0.2) is 9.48 Å². The van der Waals surface area contributed by atoms with Crippen molar-refractivity contribution in [3.63, 3.8) is 0 Å². The van der Waals surface area contributed by atoms with E-state index in [-0.39, 0.29) is 11.9 Å². The van der Waals surface area contributed by atoms with Gasteiger partial charge in [-0.2, -0.15) is 5.10 Å². The number of hydrogen-bond donors (Lipinski definition) is 2. The molecule has 43 heavy (non-hydrogen) atoms. The highest BCUT2D eigenvalue weighted by molar-refractivity contribution is 6.00. The number of aromatic nitrogens is 3. The number of nitrogens with zero attached hydrogens (tertiary/aromatic N) is 5. The lowest BCUT2D eigenvalue weighted by Gasteiger charge is -2.40. The highest BCUT2D eigenvalue weighted by Gasteiger charge is 2.31. The first kappa shape index (κ1) is 28.6. The highest BCUT2D eigenvalue weighted by atomic mass is 16.2. The third-order valence-corrected chi connectivity index (χ3v) is 8.59. The van der Waals surface area contributed by atoms with E-state index in [1.165, 1.54) is 32.4 Å². The van der Waals surface area contributed by atoms with Crippen LogP contribution in [0.15, 0.2) is 79.1 Å². The molecular formula is C34H39N7O2. The summed E-state index contributed by atoms with van der Waals surface area (Å²) in [5.41, 5.74) is 5.62. The monoisotopic (exact) mass is 577 g/mol. The average Bonchev–Trinajstić information content (AvgIpc) is 3.42. The van der Waals surface area contributed by atoms with Crippen molar-refractivity contribution in [2.75, 3.05) is 31.5 Å². The summed E-state index contributed by atoms with van der Waals surface area (Å²) in [7, 11) is 0. The first-order chi connectivity index (χ1) is 21.1. The Morgan fingerprint density at radius 3 is 2.33 bits per heavy atom. The van der Waals surface area contributed by atoms with Gasteiger partial charge >= 0.3 is 6.03 Å². The fourth-order valence-electron chi connectivity index (χ4n) is 6.27. The Morgan fingerprint density at radius 1 is 0.884 bits per heavy atom. The van der Waals surface area contributed by atoms with E-state index in [0.717, 1.165) is 54.0 Å². The minimum atomic E-state index is -0.296. The van der Waals surface area contributed by atoms with Crippen LogP contribution < -0.4 is 10.6 Å². The van der Waals surface area contributed by atoms with E-state index in [1.54, 1.807) is 12.4 Å². The summed E-state index contributed by atoms with van der Waals surface area (Å²) in [5.74, 6) is -0.0126. The number of benzene rings is 2. The molecule has 9 heteroatoms. The molecule has 2 aliphatic rings. The van der Waals surface area contributed by atoms with Crippen molar-refractivity contribution in [3.05, 3.63) is 96.1 Å². The number of rotatable bonds is 7. The molecule has 4 aromatic rings. The van der Waals surface area contributed by atoms with E-state index >= 15 is 0 Å². The largest absolute Gasteiger partial charge is 0.337 e. The number of amides is 3. The number of pyridine rings is 1. The average molecular weight is 578 g/mol. The van der Waals surface area contributed by atoms with Gasteiger partial charge in [0.1, 0.15) is 0 Å². The van der Waals surface area contributed by atoms with E-state index < -0.39 is 0 Å². The van der Waals surface area contributed by atoms with Crippen molar-refractivity contribution >= 4 is 17.6 Å². The number of nitrogens with one attached hydrogen (secondary N) is 2. The van der Waals surface area contributed by atoms with Gasteiger partial charge in [0, 0.05) is 55.0 Å². The molecule has 3 amide bonds. The summed E-state index contributed by atoms with van der Waals surface area (Å²) >= 11 is 0. The fraction of sp³-hybridized carbons (Fsp3) is 0.353. The molecule has 2 saturated heterocycles. The zero-order chi connectivity index (χ0) is 29.6. The van der Waals surface area contributed by atoms with Crippen molar-refractivity contribution in [2.45, 2.75) is 51.6 Å². The molecule has 9 nitrogen and oxygen atoms in total. The predicted octanol–water partition coefficient (Wildman–Crippen LogP) is 5.65. The Balaban J connectivity index is 1.18. The van der Waals surface area contributed by atoms with Gasteiger partial charge in [0.2, 0.25) is 0 Å². The molecule has 0 spiro atoms. The van der Waals surface area contributed by atoms with Crippen LogP contribution in [0, 0.1) is 6.92 Å². The van der Waals surface area contributed by atoms with Crippen LogP contribution in [0.1, 0.15) is 53.8 Å². The van der Waals surface area contributed by atoms with Crippen molar-refractivity contribution < 1.29 is 9.59 Å². The van der Waals surface area contributed by atoms with E-state index in [9.17, 15) is 9.59 Å². The smallest absolute Gasteiger partial charge is 0.319 e. The molecule has 0 atom stereocenters. The molecule has 0 aliphatic carbocycles. The predicted molar refractivity (Wildman–Crippen MR) is 168 cm³/mol. The number of carbonyl (C=O) groups excluding carboxylic acids is 2. The van der Waals surface area contributed by atoms with Crippen LogP contribution in [0.5, 0.6) is 0 Å². The number of piperidine rings is 2. The molecule has 0 unspecified atom stereocenters. The highest BCUT2D eigenvalue weighted by Crippen LogP contribution is 2.31. The van der Waals surface area contributed by atoms with Gasteiger partial charge in [0.05, 0.1) is 5.69 Å². The second-order valence-corrected chi connectivity index (χ2v) is 11.4. The molecule has 0 saturated carbocycles. The number of hydrogen-bond acceptors (Lipinski definition) is 5. The van der Waals surface area contributed by atoms with Crippen molar-refractivity contribution in [1.82, 2.24) is 29.9 Å². The molecule has 2 N–H and O–H groups in total. The Bertz CT molecular complexity index is 1520. The molecule has 222 valence electrons. The zero-order valence-corrected chi connectivity index (χ0v) is 24.7. The normalized spacial score (nSPS) is 16.2. The lowest BCUT2D eigenvalue weighted by Crippen LogP contribution is -2.48. The maximum atomic E-state index is 14.0. The molecule has 0 radical (unpaired) electrons. The molecule has 6 rings (SSSR count). The van der Waals surface area contributed by atoms with Gasteiger partial charge in [-0.3, -0.25) is 9.78 Å². The topological polar surface area (TPSA) is 95.4 Å². The standard InChI is InChI=1S/C34H39N7O2/c1-25-31(27-10-4-2-5-11-27)32(33(42)40-21-16-29(17-22-40)39-19-6-3-7-20-39)38-41(25)30-14-12-28(13-15-30)37-34(43)36-24-26-9-8-18-35-23-26/h2,4-5,8-15,18,23,29H,3,6-7,16-17,19-22,24H2,1H3,(H2,36,37,43). The SMILES string of the molecule is Cc1c(-c2ccccc2)c(C(=O)N2CCC(N3CCCCC3)CC2)nn1-c1ccc(NC(=O)NCc2cccnc2)cc1. The van der Waals surface area contributed by atoms with Gasteiger partial charge in [-0.05, 0) is 87.2 Å². The number of anilines is 1. The lowest BCUT2D eigenvalue weighted by molar-refractivity contribution is 0.0585. The van der Waals surface area contributed by atoms with Crippen LogP contribution in [0.4, 0.5) is 10.5 Å². The fourth-order valence-corrected chi connectivity index (χ4v) is 6.27. The molecule has 0 bridgehead atoms. The van der Waals surface area contributed by atoms with E-state index in [1.807, 2.05) is 83.2 Å². The molecular weight excluding hydrogens is 538 g/mol. The first-order valence-corrected chi connectivity index (χ1v) is 15.3. The van der Waals surface area contributed by atoms with E-state index in [4.69, 9.17) is 5.10 Å². The Labute approximate surface area is 252 Å². The van der Waals surface area contributed by atoms with Crippen molar-refractivity contribution in [2.24, 2.45) is 0 Å². The minimum absolute atomic E-state index is 0.0126. The minimum Gasteiger partial charge on any atom is -0.337 e. The maximum Gasteiger partial charge on any atom is 0.319 e. The number of urea groups is 1. The van der Waals surface area contributed by atoms with Gasteiger partial charge < -0.3 is 20.4 Å². The number of likely N-dealkylation sites (tertiary alicyclic amines) is 2. The first-order valence-electron chi connectivity index (χ1n) is 15.3.